The molecule has 3 aromatic rings. The molecule has 2 unspecified atom stereocenters. The quantitative estimate of drug-likeness (QED) is 0.684. The van der Waals surface area contributed by atoms with Gasteiger partial charge in [0.05, 0.1) is 17.1 Å². The van der Waals surface area contributed by atoms with Gasteiger partial charge in [0, 0.05) is 37.3 Å². The van der Waals surface area contributed by atoms with Crippen LogP contribution in [0.1, 0.15) is 49.9 Å². The molecule has 1 aromatic carbocycles. The number of hydrogen-bond donors (Lipinski definition) is 2. The molecule has 0 saturated heterocycles. The van der Waals surface area contributed by atoms with E-state index in [0.29, 0.717) is 11.2 Å². The van der Waals surface area contributed by atoms with Gasteiger partial charge < -0.3 is 19.6 Å². The number of imidazole rings is 2. The van der Waals surface area contributed by atoms with Crippen LogP contribution in [0.2, 0.25) is 0 Å². The smallest absolute Gasteiger partial charge is 0.396 e. The molecule has 0 bridgehead atoms. The molecule has 0 fully saturated rings. The first-order valence-corrected chi connectivity index (χ1v) is 9.36. The Morgan fingerprint density at radius 2 is 2.18 bits per heavy atom. The van der Waals surface area contributed by atoms with E-state index in [0.717, 1.165) is 25.2 Å². The highest BCUT2D eigenvalue weighted by Crippen LogP contribution is 2.36. The fraction of sp³-hybridized carbons (Fsp3) is 0.474. The minimum Gasteiger partial charge on any atom is -0.396 e. The molecule has 0 spiro atoms. The average Bonchev–Trinajstić information content (AvgIpc) is 3.26. The lowest BCUT2D eigenvalue weighted by molar-refractivity contribution is -0.147. The van der Waals surface area contributed by atoms with E-state index in [2.05, 4.69) is 19.9 Å². The number of anilines is 1. The summed E-state index contributed by atoms with van der Waals surface area (Å²) in [5, 5.41) is 12.5. The van der Waals surface area contributed by atoms with E-state index in [1.807, 2.05) is 6.20 Å². The van der Waals surface area contributed by atoms with Gasteiger partial charge in [-0.05, 0) is 44.4 Å². The third-order valence-electron chi connectivity index (χ3n) is 5.22. The van der Waals surface area contributed by atoms with Gasteiger partial charge in [-0.3, -0.25) is 0 Å². The molecular formula is C19H22F3N5O. The molecule has 150 valence electrons. The number of halogens is 3. The summed E-state index contributed by atoms with van der Waals surface area (Å²) >= 11 is 0. The first-order valence-electron chi connectivity index (χ1n) is 9.36. The van der Waals surface area contributed by atoms with Crippen molar-refractivity contribution in [1.29, 1.82) is 0 Å². The second-order valence-electron chi connectivity index (χ2n) is 7.19. The second kappa shape index (κ2) is 7.12. The summed E-state index contributed by atoms with van der Waals surface area (Å²) in [6, 6.07) is 4.57. The molecule has 1 aliphatic heterocycles. The maximum absolute atomic E-state index is 13.5. The number of nitrogens with one attached hydrogen (secondary N) is 1. The topological polar surface area (TPSA) is 67.9 Å². The molecule has 0 aliphatic carbocycles. The highest BCUT2D eigenvalue weighted by atomic mass is 19.4. The van der Waals surface area contributed by atoms with Crippen molar-refractivity contribution in [2.45, 2.75) is 51.0 Å². The molecule has 2 aromatic heterocycles. The van der Waals surface area contributed by atoms with Gasteiger partial charge in [0.25, 0.3) is 0 Å². The molecule has 3 heterocycles. The molecule has 2 atom stereocenters. The number of aromatic nitrogens is 4. The zero-order chi connectivity index (χ0) is 19.9. The predicted octanol–water partition coefficient (Wildman–Crippen LogP) is 4.14. The van der Waals surface area contributed by atoms with Gasteiger partial charge in [-0.2, -0.15) is 13.2 Å². The number of aliphatic hydroxyl groups excluding tert-OH is 1. The Balaban J connectivity index is 1.70. The SMILES string of the molecule is CC(CCO)n1c(C(F)(F)F)nc2cc(NC3CCCn4ccnc43)ccc21. The fourth-order valence-corrected chi connectivity index (χ4v) is 3.90. The number of benzene rings is 1. The summed E-state index contributed by atoms with van der Waals surface area (Å²) in [5.41, 5.74) is 1.40. The zero-order valence-corrected chi connectivity index (χ0v) is 15.4. The van der Waals surface area contributed by atoms with E-state index in [9.17, 15) is 13.2 Å². The normalized spacial score (nSPS) is 18.2. The standard InChI is InChI=1S/C19H22F3N5O/c1-12(6-10-28)27-16-5-4-13(11-15(16)25-18(27)19(20,21)22)24-14-3-2-8-26-9-7-23-17(14)26/h4-5,7,9,11-12,14,24,28H,2-3,6,8,10H2,1H3. The average molecular weight is 393 g/mol. The van der Waals surface area contributed by atoms with Crippen LogP contribution in [0.25, 0.3) is 11.0 Å². The lowest BCUT2D eigenvalue weighted by Gasteiger charge is -2.25. The maximum atomic E-state index is 13.5. The summed E-state index contributed by atoms with van der Waals surface area (Å²) in [5.74, 6) is -0.00163. The third kappa shape index (κ3) is 3.34. The van der Waals surface area contributed by atoms with Crippen LogP contribution in [0.5, 0.6) is 0 Å². The summed E-state index contributed by atoms with van der Waals surface area (Å²) in [4.78, 5) is 8.27. The highest BCUT2D eigenvalue weighted by molar-refractivity contribution is 5.80. The Kier molecular flexibility index (Phi) is 4.78. The number of nitrogens with zero attached hydrogens (tertiary/aromatic N) is 4. The van der Waals surface area contributed by atoms with Crippen molar-refractivity contribution in [2.24, 2.45) is 0 Å². The molecule has 2 N–H and O–H groups in total. The third-order valence-corrected chi connectivity index (χ3v) is 5.22. The van der Waals surface area contributed by atoms with Crippen molar-refractivity contribution in [2.75, 3.05) is 11.9 Å². The zero-order valence-electron chi connectivity index (χ0n) is 15.4. The van der Waals surface area contributed by atoms with Gasteiger partial charge in [-0.15, -0.1) is 0 Å². The van der Waals surface area contributed by atoms with Gasteiger partial charge in [-0.25, -0.2) is 9.97 Å². The molecule has 6 nitrogen and oxygen atoms in total. The molecule has 1 aliphatic rings. The van der Waals surface area contributed by atoms with Gasteiger partial charge in [0.1, 0.15) is 5.82 Å². The monoisotopic (exact) mass is 393 g/mol. The van der Waals surface area contributed by atoms with E-state index in [1.165, 1.54) is 4.57 Å². The van der Waals surface area contributed by atoms with Crippen LogP contribution in [-0.2, 0) is 12.7 Å². The lowest BCUT2D eigenvalue weighted by atomic mass is 10.1. The number of fused-ring (bicyclic) bond motifs is 2. The van der Waals surface area contributed by atoms with E-state index in [4.69, 9.17) is 5.11 Å². The Labute approximate surface area is 160 Å². The number of aliphatic hydroxyl groups is 1. The fourth-order valence-electron chi connectivity index (χ4n) is 3.90. The van der Waals surface area contributed by atoms with E-state index >= 15 is 0 Å². The van der Waals surface area contributed by atoms with Crippen LogP contribution in [0.15, 0.2) is 30.6 Å². The van der Waals surface area contributed by atoms with Crippen molar-refractivity contribution < 1.29 is 18.3 Å². The molecule has 4 rings (SSSR count). The minimum atomic E-state index is -4.57. The van der Waals surface area contributed by atoms with Gasteiger partial charge >= 0.3 is 6.18 Å². The number of alkyl halides is 3. The van der Waals surface area contributed by atoms with Crippen molar-refractivity contribution in [3.8, 4) is 0 Å². The van der Waals surface area contributed by atoms with Gasteiger partial charge in [0.15, 0.2) is 0 Å². The van der Waals surface area contributed by atoms with Crippen LogP contribution in [0.4, 0.5) is 18.9 Å². The minimum absolute atomic E-state index is 0.0127. The number of hydrogen-bond acceptors (Lipinski definition) is 4. The number of aryl methyl sites for hydroxylation is 1. The van der Waals surface area contributed by atoms with Gasteiger partial charge in [0.2, 0.25) is 5.82 Å². The molecule has 0 amide bonds. The van der Waals surface area contributed by atoms with E-state index < -0.39 is 18.0 Å². The summed E-state index contributed by atoms with van der Waals surface area (Å²) < 4.78 is 43.8. The van der Waals surface area contributed by atoms with Crippen molar-refractivity contribution in [3.05, 3.63) is 42.2 Å². The largest absolute Gasteiger partial charge is 0.449 e. The molecular weight excluding hydrogens is 371 g/mol. The van der Waals surface area contributed by atoms with Crippen molar-refractivity contribution >= 4 is 16.7 Å². The Morgan fingerprint density at radius 3 is 2.93 bits per heavy atom. The molecule has 0 radical (unpaired) electrons. The van der Waals surface area contributed by atoms with Crippen LogP contribution in [-0.4, -0.2) is 30.8 Å². The van der Waals surface area contributed by atoms with Crippen LogP contribution in [0, 0.1) is 0 Å². The Morgan fingerprint density at radius 1 is 1.36 bits per heavy atom. The number of rotatable bonds is 5. The summed E-state index contributed by atoms with van der Waals surface area (Å²) in [6.07, 6.45) is 1.27. The maximum Gasteiger partial charge on any atom is 0.449 e. The lowest BCUT2D eigenvalue weighted by Crippen LogP contribution is -2.21. The van der Waals surface area contributed by atoms with Crippen LogP contribution < -0.4 is 5.32 Å². The Hall–Kier alpha value is -2.55. The van der Waals surface area contributed by atoms with E-state index in [-0.39, 0.29) is 24.6 Å². The summed E-state index contributed by atoms with van der Waals surface area (Å²) in [6.45, 7) is 2.39. The van der Waals surface area contributed by atoms with Crippen LogP contribution in [0.3, 0.4) is 0 Å². The van der Waals surface area contributed by atoms with Crippen LogP contribution >= 0.6 is 0 Å². The molecule has 28 heavy (non-hydrogen) atoms. The first-order chi connectivity index (χ1) is 13.4. The van der Waals surface area contributed by atoms with Crippen molar-refractivity contribution in [3.63, 3.8) is 0 Å². The molecule has 0 saturated carbocycles. The molecule has 9 heteroatoms. The predicted molar refractivity (Wildman–Crippen MR) is 99.0 cm³/mol. The Bertz CT molecular complexity index is 978. The summed E-state index contributed by atoms with van der Waals surface area (Å²) in [7, 11) is 0. The highest BCUT2D eigenvalue weighted by Gasteiger charge is 2.38. The first kappa shape index (κ1) is 18.8. The van der Waals surface area contributed by atoms with Gasteiger partial charge in [-0.1, -0.05) is 0 Å². The van der Waals surface area contributed by atoms with Crippen molar-refractivity contribution in [1.82, 2.24) is 19.1 Å². The van der Waals surface area contributed by atoms with E-state index in [1.54, 1.807) is 31.3 Å². The second-order valence-corrected chi connectivity index (χ2v) is 7.19.